The number of carbonyl (C=O) groups excluding carboxylic acids is 1. The molecule has 37 heavy (non-hydrogen) atoms. The second kappa shape index (κ2) is 10.5. The van der Waals surface area contributed by atoms with Gasteiger partial charge in [0.2, 0.25) is 5.91 Å². The molecule has 6 nitrogen and oxygen atoms in total. The molecule has 0 saturated carbocycles. The molecule has 2 aromatic carbocycles. The molecule has 2 unspecified atom stereocenters. The first-order valence-corrected chi connectivity index (χ1v) is 13.0. The highest BCUT2D eigenvalue weighted by molar-refractivity contribution is 7.80. The number of nitrogens with zero attached hydrogens (tertiary/aromatic N) is 2. The number of halogens is 2. The highest BCUT2D eigenvalue weighted by atomic mass is 35.5. The average molecular weight is 551 g/mol. The van der Waals surface area contributed by atoms with Crippen molar-refractivity contribution >= 4 is 57.8 Å². The van der Waals surface area contributed by atoms with Gasteiger partial charge in [-0.1, -0.05) is 42.3 Å². The summed E-state index contributed by atoms with van der Waals surface area (Å²) in [6.07, 6.45) is 2.17. The molecule has 4 aromatic rings. The minimum atomic E-state index is -0.329. The van der Waals surface area contributed by atoms with Gasteiger partial charge >= 0.3 is 0 Å². The lowest BCUT2D eigenvalue weighted by atomic mass is 10.0. The Bertz CT molecular complexity index is 1470. The predicted octanol–water partition coefficient (Wildman–Crippen LogP) is 7.48. The van der Waals surface area contributed by atoms with E-state index in [0.29, 0.717) is 38.7 Å². The Balaban J connectivity index is 1.58. The summed E-state index contributed by atoms with van der Waals surface area (Å²) in [4.78, 5) is 18.5. The highest BCUT2D eigenvalue weighted by Crippen LogP contribution is 2.44. The number of hydrogen-bond acceptors (Lipinski definition) is 4. The molecule has 1 saturated heterocycles. The van der Waals surface area contributed by atoms with Crippen LogP contribution in [-0.4, -0.2) is 16.0 Å². The van der Waals surface area contributed by atoms with Gasteiger partial charge in [-0.15, -0.1) is 0 Å². The zero-order chi connectivity index (χ0) is 26.1. The molecule has 1 fully saturated rings. The number of benzene rings is 2. The first kappa shape index (κ1) is 25.3. The lowest BCUT2D eigenvalue weighted by Crippen LogP contribution is -2.29. The Hall–Kier alpha value is -3.39. The summed E-state index contributed by atoms with van der Waals surface area (Å²) in [6.45, 7) is 3.78. The number of nitrogens with one attached hydrogen (secondary N) is 2. The molecule has 1 amide bonds. The predicted molar refractivity (Wildman–Crippen MR) is 152 cm³/mol. The Morgan fingerprint density at radius 3 is 2.70 bits per heavy atom. The van der Waals surface area contributed by atoms with E-state index >= 15 is 0 Å². The van der Waals surface area contributed by atoms with Crippen molar-refractivity contribution in [1.29, 1.82) is 0 Å². The van der Waals surface area contributed by atoms with E-state index in [1.54, 1.807) is 12.3 Å². The monoisotopic (exact) mass is 550 g/mol. The third kappa shape index (κ3) is 4.94. The van der Waals surface area contributed by atoms with E-state index in [1.807, 2.05) is 79.4 Å². The molecule has 2 aromatic heterocycles. The van der Waals surface area contributed by atoms with E-state index in [1.165, 1.54) is 0 Å². The average Bonchev–Trinajstić information content (AvgIpc) is 3.52. The van der Waals surface area contributed by atoms with E-state index in [0.717, 1.165) is 22.6 Å². The van der Waals surface area contributed by atoms with Crippen molar-refractivity contribution in [1.82, 2.24) is 10.3 Å². The standard InChI is InChI=1S/C28H24Cl2N4O2S/c1-3-24(35)32-20-11-10-17(15-16(20)2)34-27(26(33-28(34)37)21-9-4-5-14-31-21)23-13-12-22(36-23)18-7-6-8-19(29)25(18)30/h4-15,26-27H,3H2,1-2H3,(H,32,35)(H,33,37). The normalized spacial score (nSPS) is 17.1. The topological polar surface area (TPSA) is 70.4 Å². The van der Waals surface area contributed by atoms with Crippen LogP contribution >= 0.6 is 35.4 Å². The molecule has 2 atom stereocenters. The quantitative estimate of drug-likeness (QED) is 0.242. The summed E-state index contributed by atoms with van der Waals surface area (Å²) in [5, 5.41) is 7.81. The number of amides is 1. The number of pyridine rings is 1. The van der Waals surface area contributed by atoms with Crippen LogP contribution in [0.1, 0.15) is 42.4 Å². The molecule has 9 heteroatoms. The zero-order valence-electron chi connectivity index (χ0n) is 20.2. The van der Waals surface area contributed by atoms with Crippen LogP contribution in [0.2, 0.25) is 10.0 Å². The fourth-order valence-corrected chi connectivity index (χ4v) is 5.19. The Labute approximate surface area is 230 Å². The summed E-state index contributed by atoms with van der Waals surface area (Å²) in [7, 11) is 0. The van der Waals surface area contributed by atoms with Crippen LogP contribution in [0.5, 0.6) is 0 Å². The maximum Gasteiger partial charge on any atom is 0.224 e. The Kier molecular flexibility index (Phi) is 7.20. The van der Waals surface area contributed by atoms with E-state index in [9.17, 15) is 4.79 Å². The van der Waals surface area contributed by atoms with Crippen LogP contribution < -0.4 is 15.5 Å². The van der Waals surface area contributed by atoms with Crippen LogP contribution in [0.4, 0.5) is 11.4 Å². The summed E-state index contributed by atoms with van der Waals surface area (Å²) >= 11 is 18.5. The second-order valence-corrected chi connectivity index (χ2v) is 9.87. The van der Waals surface area contributed by atoms with Crippen molar-refractivity contribution in [2.75, 3.05) is 10.2 Å². The van der Waals surface area contributed by atoms with Crippen molar-refractivity contribution in [3.63, 3.8) is 0 Å². The van der Waals surface area contributed by atoms with Gasteiger partial charge in [0.05, 0.1) is 21.8 Å². The molecule has 3 heterocycles. The van der Waals surface area contributed by atoms with Gasteiger partial charge < -0.3 is 20.0 Å². The van der Waals surface area contributed by atoms with Gasteiger partial charge in [0.1, 0.15) is 17.6 Å². The van der Waals surface area contributed by atoms with E-state index in [-0.39, 0.29) is 18.0 Å². The molecule has 2 N–H and O–H groups in total. The Morgan fingerprint density at radius 2 is 1.97 bits per heavy atom. The van der Waals surface area contributed by atoms with Gasteiger partial charge in [0, 0.05) is 29.6 Å². The maximum absolute atomic E-state index is 11.9. The third-order valence-corrected chi connectivity index (χ3v) is 7.45. The first-order valence-electron chi connectivity index (χ1n) is 11.8. The number of thiocarbonyl (C=S) groups is 1. The smallest absolute Gasteiger partial charge is 0.224 e. The van der Waals surface area contributed by atoms with Gasteiger partial charge in [-0.05, 0) is 79.3 Å². The molecular formula is C28H24Cl2N4O2S. The number of carbonyl (C=O) groups is 1. The molecule has 0 radical (unpaired) electrons. The van der Waals surface area contributed by atoms with Gasteiger partial charge in [-0.25, -0.2) is 0 Å². The van der Waals surface area contributed by atoms with Gasteiger partial charge in [-0.2, -0.15) is 0 Å². The first-order chi connectivity index (χ1) is 17.9. The van der Waals surface area contributed by atoms with Crippen LogP contribution in [-0.2, 0) is 4.79 Å². The van der Waals surface area contributed by atoms with E-state index in [2.05, 4.69) is 15.6 Å². The number of furan rings is 1. The minimum absolute atomic E-state index is 0.0370. The third-order valence-electron chi connectivity index (χ3n) is 6.32. The van der Waals surface area contributed by atoms with Crippen LogP contribution in [0.15, 0.2) is 77.3 Å². The highest BCUT2D eigenvalue weighted by Gasteiger charge is 2.42. The lowest BCUT2D eigenvalue weighted by Gasteiger charge is -2.27. The van der Waals surface area contributed by atoms with Crippen molar-refractivity contribution in [2.45, 2.75) is 32.4 Å². The van der Waals surface area contributed by atoms with Gasteiger partial charge in [0.25, 0.3) is 0 Å². The van der Waals surface area contributed by atoms with Crippen LogP contribution in [0.3, 0.4) is 0 Å². The van der Waals surface area contributed by atoms with Gasteiger partial charge in [-0.3, -0.25) is 9.78 Å². The molecule has 188 valence electrons. The minimum Gasteiger partial charge on any atom is -0.459 e. The lowest BCUT2D eigenvalue weighted by molar-refractivity contribution is -0.115. The number of aromatic nitrogens is 1. The number of aryl methyl sites for hydroxylation is 1. The number of hydrogen-bond donors (Lipinski definition) is 2. The summed E-state index contributed by atoms with van der Waals surface area (Å²) < 4.78 is 6.39. The summed E-state index contributed by atoms with van der Waals surface area (Å²) in [6, 6.07) is 20.3. The molecule has 0 bridgehead atoms. The summed E-state index contributed by atoms with van der Waals surface area (Å²) in [5.41, 5.74) is 4.10. The fraction of sp³-hybridized carbons (Fsp3) is 0.179. The van der Waals surface area contributed by atoms with E-state index < -0.39 is 0 Å². The fourth-order valence-electron chi connectivity index (χ4n) is 4.45. The SMILES string of the molecule is CCC(=O)Nc1ccc(N2C(=S)NC(c3ccccn3)C2c2ccc(-c3cccc(Cl)c3Cl)o2)cc1C. The maximum atomic E-state index is 11.9. The van der Waals surface area contributed by atoms with E-state index in [4.69, 9.17) is 39.8 Å². The van der Waals surface area contributed by atoms with Crippen molar-refractivity contribution in [3.05, 3.63) is 100.0 Å². The molecule has 0 spiro atoms. The van der Waals surface area contributed by atoms with Crippen molar-refractivity contribution in [2.24, 2.45) is 0 Å². The molecular weight excluding hydrogens is 527 g/mol. The Morgan fingerprint density at radius 1 is 1.14 bits per heavy atom. The molecule has 0 aliphatic carbocycles. The largest absolute Gasteiger partial charge is 0.459 e. The molecule has 5 rings (SSSR count). The van der Waals surface area contributed by atoms with Crippen molar-refractivity contribution < 1.29 is 9.21 Å². The second-order valence-electron chi connectivity index (χ2n) is 8.70. The summed E-state index contributed by atoms with van der Waals surface area (Å²) in [5.74, 6) is 1.26. The number of anilines is 2. The van der Waals surface area contributed by atoms with Crippen LogP contribution in [0.25, 0.3) is 11.3 Å². The van der Waals surface area contributed by atoms with Crippen molar-refractivity contribution in [3.8, 4) is 11.3 Å². The van der Waals surface area contributed by atoms with Crippen LogP contribution in [0, 0.1) is 6.92 Å². The zero-order valence-corrected chi connectivity index (χ0v) is 22.5. The molecule has 1 aliphatic rings. The number of rotatable bonds is 6. The molecule has 1 aliphatic heterocycles. The van der Waals surface area contributed by atoms with Gasteiger partial charge in [0.15, 0.2) is 5.11 Å².